The molecule has 0 bridgehead atoms. The summed E-state index contributed by atoms with van der Waals surface area (Å²) >= 11 is 2.18. The van der Waals surface area contributed by atoms with Gasteiger partial charge in [-0.3, -0.25) is 4.79 Å². The average Bonchev–Trinajstić information content (AvgIpc) is 2.38. The first kappa shape index (κ1) is 15.9. The molecule has 19 heavy (non-hydrogen) atoms. The number of carbonyl (C=O) groups is 2. The van der Waals surface area contributed by atoms with E-state index in [1.807, 2.05) is 24.3 Å². The van der Waals surface area contributed by atoms with Crippen molar-refractivity contribution in [2.24, 2.45) is 0 Å². The maximum Gasteiger partial charge on any atom is 0.326 e. The molecule has 0 radical (unpaired) electrons. The number of nitrogens with one attached hydrogen (secondary N) is 1. The van der Waals surface area contributed by atoms with Crippen molar-refractivity contribution < 1.29 is 19.4 Å². The van der Waals surface area contributed by atoms with Crippen molar-refractivity contribution in [2.75, 3.05) is 13.2 Å². The van der Waals surface area contributed by atoms with Crippen molar-refractivity contribution >= 4 is 34.5 Å². The van der Waals surface area contributed by atoms with Gasteiger partial charge in [-0.05, 0) is 47.2 Å². The van der Waals surface area contributed by atoms with Crippen LogP contribution >= 0.6 is 22.6 Å². The Balaban J connectivity index is 2.60. The van der Waals surface area contributed by atoms with E-state index in [0.29, 0.717) is 6.61 Å². The van der Waals surface area contributed by atoms with E-state index in [0.717, 1.165) is 9.13 Å². The van der Waals surface area contributed by atoms with E-state index < -0.39 is 17.9 Å². The van der Waals surface area contributed by atoms with Crippen molar-refractivity contribution in [2.45, 2.75) is 19.4 Å². The quantitative estimate of drug-likeness (QED) is 0.706. The van der Waals surface area contributed by atoms with Gasteiger partial charge in [-0.2, -0.15) is 0 Å². The predicted molar refractivity (Wildman–Crippen MR) is 78.9 cm³/mol. The van der Waals surface area contributed by atoms with Gasteiger partial charge in [0.25, 0.3) is 0 Å². The first-order valence-corrected chi connectivity index (χ1v) is 6.95. The normalized spacial score (nSPS) is 11.9. The summed E-state index contributed by atoms with van der Waals surface area (Å²) in [7, 11) is 0. The van der Waals surface area contributed by atoms with E-state index in [2.05, 4.69) is 27.9 Å². The summed E-state index contributed by atoms with van der Waals surface area (Å²) in [6, 6.07) is 6.57. The summed E-state index contributed by atoms with van der Waals surface area (Å²) in [5.74, 6) is -1.47. The van der Waals surface area contributed by atoms with Gasteiger partial charge < -0.3 is 15.2 Å². The summed E-state index contributed by atoms with van der Waals surface area (Å²) in [4.78, 5) is 22.6. The van der Waals surface area contributed by atoms with E-state index >= 15 is 0 Å². The molecule has 0 aliphatic heterocycles. The van der Waals surface area contributed by atoms with Crippen LogP contribution in [0.2, 0.25) is 0 Å². The largest absolute Gasteiger partial charge is 0.480 e. The number of hydrogen-bond donors (Lipinski definition) is 2. The van der Waals surface area contributed by atoms with Crippen molar-refractivity contribution in [1.29, 1.82) is 0 Å². The van der Waals surface area contributed by atoms with E-state index in [9.17, 15) is 9.59 Å². The summed E-state index contributed by atoms with van der Waals surface area (Å²) in [6.07, 6.45) is 0.254. The molecule has 0 saturated carbocycles. The van der Waals surface area contributed by atoms with Gasteiger partial charge >= 0.3 is 5.97 Å². The van der Waals surface area contributed by atoms with Crippen LogP contribution in [0.15, 0.2) is 24.3 Å². The van der Waals surface area contributed by atoms with Gasteiger partial charge in [-0.15, -0.1) is 0 Å². The minimum atomic E-state index is -1.05. The fourth-order valence-electron chi connectivity index (χ4n) is 1.49. The highest BCUT2D eigenvalue weighted by atomic mass is 127. The first-order chi connectivity index (χ1) is 9.02. The highest BCUT2D eigenvalue weighted by Gasteiger charge is 2.20. The zero-order valence-corrected chi connectivity index (χ0v) is 12.7. The third-order valence-corrected chi connectivity index (χ3v) is 3.14. The number of carboxylic acids is 1. The summed E-state index contributed by atoms with van der Waals surface area (Å²) < 4.78 is 6.01. The van der Waals surface area contributed by atoms with Gasteiger partial charge in [0, 0.05) is 16.6 Å². The second-order valence-corrected chi connectivity index (χ2v) is 5.17. The van der Waals surface area contributed by atoms with Crippen LogP contribution in [0.5, 0.6) is 0 Å². The van der Waals surface area contributed by atoms with Gasteiger partial charge in [0.2, 0.25) is 5.91 Å². The summed E-state index contributed by atoms with van der Waals surface area (Å²) in [5.41, 5.74) is 0.865. The van der Waals surface area contributed by atoms with Crippen molar-refractivity contribution in [3.05, 3.63) is 33.4 Å². The zero-order chi connectivity index (χ0) is 14.3. The van der Waals surface area contributed by atoms with Crippen LogP contribution in [-0.2, 0) is 20.7 Å². The van der Waals surface area contributed by atoms with E-state index in [-0.39, 0.29) is 13.0 Å². The lowest BCUT2D eigenvalue weighted by Gasteiger charge is -2.14. The smallest absolute Gasteiger partial charge is 0.326 e. The minimum Gasteiger partial charge on any atom is -0.480 e. The molecular formula is C13H16INO4. The molecule has 1 aromatic carbocycles. The van der Waals surface area contributed by atoms with Crippen LogP contribution in [0.3, 0.4) is 0 Å². The molecule has 104 valence electrons. The molecule has 0 heterocycles. The molecule has 6 heteroatoms. The molecule has 1 atom stereocenters. The van der Waals surface area contributed by atoms with Crippen molar-refractivity contribution in [3.63, 3.8) is 0 Å². The van der Waals surface area contributed by atoms with Gasteiger partial charge in [-0.25, -0.2) is 4.79 Å². The van der Waals surface area contributed by atoms with Gasteiger partial charge in [0.05, 0.1) is 0 Å². The number of aliphatic carboxylic acids is 1. The van der Waals surface area contributed by atoms with Gasteiger partial charge in [-0.1, -0.05) is 12.1 Å². The Morgan fingerprint density at radius 3 is 2.53 bits per heavy atom. The number of halogens is 1. The number of ether oxygens (including phenoxy) is 1. The molecule has 2 N–H and O–H groups in total. The Morgan fingerprint density at radius 2 is 2.00 bits per heavy atom. The van der Waals surface area contributed by atoms with E-state index in [1.54, 1.807) is 6.92 Å². The highest BCUT2D eigenvalue weighted by Crippen LogP contribution is 2.09. The molecule has 1 amide bonds. The lowest BCUT2D eigenvalue weighted by molar-refractivity contribution is -0.142. The molecule has 0 unspecified atom stereocenters. The summed E-state index contributed by atoms with van der Waals surface area (Å²) in [6.45, 7) is 2.07. The number of amides is 1. The SMILES string of the molecule is CCOCC(=O)N[C@H](Cc1ccc(I)cc1)C(=O)O. The Kier molecular flexibility index (Phi) is 6.79. The molecule has 0 fully saturated rings. The fourth-order valence-corrected chi connectivity index (χ4v) is 1.85. The second kappa shape index (κ2) is 8.11. The Bertz CT molecular complexity index is 433. The molecule has 0 spiro atoms. The predicted octanol–water partition coefficient (Wildman–Crippen LogP) is 1.44. The number of rotatable bonds is 7. The monoisotopic (exact) mass is 377 g/mol. The molecule has 0 aliphatic rings. The van der Waals surface area contributed by atoms with Crippen molar-refractivity contribution in [1.82, 2.24) is 5.32 Å². The molecule has 0 aliphatic carbocycles. The lowest BCUT2D eigenvalue weighted by atomic mass is 10.1. The Labute approximate surface area is 125 Å². The Hall–Kier alpha value is -1.15. The third kappa shape index (κ3) is 6.02. The van der Waals surface area contributed by atoms with E-state index in [4.69, 9.17) is 9.84 Å². The van der Waals surface area contributed by atoms with Crippen molar-refractivity contribution in [3.8, 4) is 0 Å². The van der Waals surface area contributed by atoms with Crippen LogP contribution in [0.4, 0.5) is 0 Å². The molecule has 0 saturated heterocycles. The van der Waals surface area contributed by atoms with Crippen LogP contribution in [0.1, 0.15) is 12.5 Å². The van der Waals surface area contributed by atoms with Gasteiger partial charge in [0.15, 0.2) is 0 Å². The zero-order valence-electron chi connectivity index (χ0n) is 10.6. The topological polar surface area (TPSA) is 75.6 Å². The average molecular weight is 377 g/mol. The number of carboxylic acid groups (broad SMARTS) is 1. The van der Waals surface area contributed by atoms with E-state index in [1.165, 1.54) is 0 Å². The molecule has 5 nitrogen and oxygen atoms in total. The first-order valence-electron chi connectivity index (χ1n) is 5.87. The van der Waals surface area contributed by atoms with Crippen LogP contribution in [-0.4, -0.2) is 36.2 Å². The fraction of sp³-hybridized carbons (Fsp3) is 0.385. The number of hydrogen-bond acceptors (Lipinski definition) is 3. The minimum absolute atomic E-state index is 0.118. The van der Waals surface area contributed by atoms with Crippen LogP contribution in [0.25, 0.3) is 0 Å². The van der Waals surface area contributed by atoms with Crippen LogP contribution in [0, 0.1) is 3.57 Å². The van der Waals surface area contributed by atoms with Crippen LogP contribution < -0.4 is 5.32 Å². The molecular weight excluding hydrogens is 361 g/mol. The number of carbonyl (C=O) groups excluding carboxylic acids is 1. The summed E-state index contributed by atoms with van der Waals surface area (Å²) in [5, 5.41) is 11.6. The van der Waals surface area contributed by atoms with Gasteiger partial charge in [0.1, 0.15) is 12.6 Å². The lowest BCUT2D eigenvalue weighted by Crippen LogP contribution is -2.43. The standard InChI is InChI=1S/C13H16INO4/c1-2-19-8-12(16)15-11(13(17)18)7-9-3-5-10(14)6-4-9/h3-6,11H,2,7-8H2,1H3,(H,15,16)(H,17,18)/t11-/m1/s1. The maximum atomic E-state index is 11.5. The number of benzene rings is 1. The third-order valence-electron chi connectivity index (χ3n) is 2.42. The molecule has 0 aromatic heterocycles. The highest BCUT2D eigenvalue weighted by molar-refractivity contribution is 14.1. The Morgan fingerprint density at radius 1 is 1.37 bits per heavy atom. The molecule has 1 aromatic rings. The second-order valence-electron chi connectivity index (χ2n) is 3.93. The molecule has 1 rings (SSSR count). The maximum absolute atomic E-state index is 11.5.